The minimum absolute atomic E-state index is 0.00931. The quantitative estimate of drug-likeness (QED) is 0.120. The molecule has 2 aliphatic rings. The summed E-state index contributed by atoms with van der Waals surface area (Å²) in [6.45, 7) is 38.8. The van der Waals surface area contributed by atoms with E-state index in [-0.39, 0.29) is 21.7 Å². The van der Waals surface area contributed by atoms with Crippen molar-refractivity contribution in [2.45, 2.75) is 131 Å². The number of fused-ring (bicyclic) bond motifs is 10. The molecule has 0 saturated heterocycles. The van der Waals surface area contributed by atoms with Gasteiger partial charge in [-0.2, -0.15) is 0 Å². The van der Waals surface area contributed by atoms with E-state index in [1.165, 1.54) is 99.1 Å². The Morgan fingerprint density at radius 3 is 0.903 bits per heavy atom. The topological polar surface area (TPSA) is 0 Å². The average Bonchev–Trinajstić information content (AvgIpc) is 3.58. The number of benzene rings is 8. The molecular formula is C60H66Si2. The lowest BCUT2D eigenvalue weighted by molar-refractivity contribution is 0.590. The lowest BCUT2D eigenvalue weighted by Crippen LogP contribution is -2.50. The zero-order chi connectivity index (χ0) is 44.4. The van der Waals surface area contributed by atoms with Crippen LogP contribution in [0.15, 0.2) is 109 Å². The molecule has 0 spiro atoms. The average molecular weight is 843 g/mol. The Labute approximate surface area is 374 Å². The van der Waals surface area contributed by atoms with Gasteiger partial charge in [0.15, 0.2) is 0 Å². The lowest BCUT2D eigenvalue weighted by atomic mass is 9.78. The van der Waals surface area contributed by atoms with E-state index >= 15 is 0 Å². The first-order valence-corrected chi connectivity index (χ1v) is 29.2. The Morgan fingerprint density at radius 1 is 0.306 bits per heavy atom. The van der Waals surface area contributed by atoms with Gasteiger partial charge in [-0.1, -0.05) is 206 Å². The third-order valence-electron chi connectivity index (χ3n) is 15.2. The van der Waals surface area contributed by atoms with Gasteiger partial charge in [-0.15, -0.1) is 0 Å². The molecule has 0 atom stereocenters. The normalized spacial score (nSPS) is 15.7. The first kappa shape index (κ1) is 41.3. The Balaban J connectivity index is 1.30. The fourth-order valence-corrected chi connectivity index (χ4v) is 18.3. The van der Waals surface area contributed by atoms with Gasteiger partial charge in [-0.3, -0.25) is 0 Å². The molecule has 62 heavy (non-hydrogen) atoms. The van der Waals surface area contributed by atoms with Crippen molar-refractivity contribution in [2.24, 2.45) is 0 Å². The van der Waals surface area contributed by atoms with Crippen LogP contribution < -0.4 is 20.7 Å². The molecule has 0 fully saturated rings. The molecule has 0 amide bonds. The van der Waals surface area contributed by atoms with Gasteiger partial charge in [0.25, 0.3) is 0 Å². The molecule has 8 aromatic rings. The van der Waals surface area contributed by atoms with Crippen molar-refractivity contribution >= 4 is 69.2 Å². The third-order valence-corrected chi connectivity index (χ3v) is 22.2. The summed E-state index contributed by atoms with van der Waals surface area (Å²) in [4.78, 5) is 0. The van der Waals surface area contributed by atoms with Gasteiger partial charge in [0.05, 0.1) is 0 Å². The number of hydrogen-bond acceptors (Lipinski definition) is 0. The molecule has 8 aromatic carbocycles. The highest BCUT2D eigenvalue weighted by Gasteiger charge is 2.45. The largest absolute Gasteiger partial charge is 0.114 e. The molecule has 0 aliphatic carbocycles. The van der Waals surface area contributed by atoms with E-state index < -0.39 is 16.1 Å². The summed E-state index contributed by atoms with van der Waals surface area (Å²) in [5.41, 5.74) is 17.1. The predicted octanol–water partition coefficient (Wildman–Crippen LogP) is 14.7. The second-order valence-corrected chi connectivity index (χ2v) is 32.9. The van der Waals surface area contributed by atoms with Gasteiger partial charge >= 0.3 is 0 Å². The molecule has 314 valence electrons. The van der Waals surface area contributed by atoms with Crippen LogP contribution in [0.2, 0.25) is 26.2 Å². The van der Waals surface area contributed by atoms with Crippen molar-refractivity contribution < 1.29 is 0 Å². The number of hydrogen-bond donors (Lipinski definition) is 0. The molecule has 0 N–H and O–H groups in total. The van der Waals surface area contributed by atoms with E-state index in [2.05, 4.69) is 218 Å². The zero-order valence-electron chi connectivity index (χ0n) is 40.4. The number of rotatable bonds is 2. The second-order valence-electron chi connectivity index (χ2n) is 24.3. The Morgan fingerprint density at radius 2 is 0.597 bits per heavy atom. The summed E-state index contributed by atoms with van der Waals surface area (Å²) in [5.74, 6) is 0. The van der Waals surface area contributed by atoms with Gasteiger partial charge in [-0.05, 0) is 154 Å². The Kier molecular flexibility index (Phi) is 8.60. The molecule has 0 saturated carbocycles. The summed E-state index contributed by atoms with van der Waals surface area (Å²) in [7, 11) is -4.46. The van der Waals surface area contributed by atoms with Gasteiger partial charge in [0.1, 0.15) is 16.1 Å². The van der Waals surface area contributed by atoms with Crippen molar-refractivity contribution in [3.8, 4) is 44.5 Å². The van der Waals surface area contributed by atoms with Crippen molar-refractivity contribution in [3.05, 3.63) is 131 Å². The summed E-state index contributed by atoms with van der Waals surface area (Å²) < 4.78 is 0. The van der Waals surface area contributed by atoms with Crippen LogP contribution in [0.4, 0.5) is 0 Å². The molecule has 10 rings (SSSR count). The van der Waals surface area contributed by atoms with Crippen molar-refractivity contribution in [2.75, 3.05) is 0 Å². The van der Waals surface area contributed by atoms with E-state index in [1.54, 1.807) is 20.7 Å². The molecule has 2 aliphatic heterocycles. The first-order valence-electron chi connectivity index (χ1n) is 23.2. The maximum Gasteiger partial charge on any atom is 0.114 e. The van der Waals surface area contributed by atoms with E-state index in [4.69, 9.17) is 0 Å². The molecule has 0 unspecified atom stereocenters. The van der Waals surface area contributed by atoms with Crippen LogP contribution in [0.1, 0.15) is 105 Å². The van der Waals surface area contributed by atoms with Crippen LogP contribution in [0.3, 0.4) is 0 Å². The maximum absolute atomic E-state index is 2.64. The molecule has 2 heterocycles. The van der Waals surface area contributed by atoms with Crippen LogP contribution in [0.5, 0.6) is 0 Å². The van der Waals surface area contributed by atoms with Gasteiger partial charge in [0, 0.05) is 0 Å². The predicted molar refractivity (Wildman–Crippen MR) is 280 cm³/mol. The summed E-state index contributed by atoms with van der Waals surface area (Å²) in [5, 5.41) is 15.3. The Hall–Kier alpha value is -4.77. The van der Waals surface area contributed by atoms with Gasteiger partial charge in [0.2, 0.25) is 0 Å². The summed E-state index contributed by atoms with van der Waals surface area (Å²) in [6, 6.07) is 44.3. The lowest BCUT2D eigenvalue weighted by Gasteiger charge is -2.30. The van der Waals surface area contributed by atoms with E-state index in [9.17, 15) is 0 Å². The molecule has 0 bridgehead atoms. The van der Waals surface area contributed by atoms with Crippen LogP contribution in [-0.4, -0.2) is 16.1 Å². The van der Waals surface area contributed by atoms with E-state index in [1.807, 2.05) is 0 Å². The smallest absolute Gasteiger partial charge is 0.0616 e. The summed E-state index contributed by atoms with van der Waals surface area (Å²) >= 11 is 0. The van der Waals surface area contributed by atoms with Crippen molar-refractivity contribution in [1.29, 1.82) is 0 Å². The first-order chi connectivity index (χ1) is 28.8. The summed E-state index contributed by atoms with van der Waals surface area (Å²) in [6.07, 6.45) is 0. The highest BCUT2D eigenvalue weighted by molar-refractivity contribution is 7.07. The van der Waals surface area contributed by atoms with Crippen LogP contribution in [-0.2, 0) is 21.7 Å². The second kappa shape index (κ2) is 12.9. The highest BCUT2D eigenvalue weighted by atomic mass is 28.3. The minimum atomic E-state index is -2.23. The van der Waals surface area contributed by atoms with Crippen molar-refractivity contribution in [1.82, 2.24) is 0 Å². The Bertz CT molecular complexity index is 2940. The fourth-order valence-electron chi connectivity index (χ4n) is 11.4. The molecular weight excluding hydrogens is 777 g/mol. The van der Waals surface area contributed by atoms with Crippen LogP contribution in [0, 0.1) is 0 Å². The van der Waals surface area contributed by atoms with Crippen molar-refractivity contribution in [3.63, 3.8) is 0 Å². The standard InChI is InChI=1S/C60H66Si2/c1-57(2,3)39-23-17-35(18-24-39)37-21-27-43-49(29-37)61(13,14)55-47-33-42(60(10,11)12)32-46-52(47)51-45(53(43)55)31-41(59(7,8)9)34-48(51)56-54(46)44-28-22-38(30-50(44)62(56,15)16)36-19-25-40(26-20-36)58(4,5)6/h17-34H,1-16H3. The molecule has 0 aromatic heterocycles. The van der Waals surface area contributed by atoms with Gasteiger partial charge < -0.3 is 0 Å². The minimum Gasteiger partial charge on any atom is -0.0616 e. The van der Waals surface area contributed by atoms with Crippen LogP contribution >= 0.6 is 0 Å². The van der Waals surface area contributed by atoms with Crippen LogP contribution in [0.25, 0.3) is 76.8 Å². The molecule has 0 radical (unpaired) electrons. The molecule has 0 nitrogen and oxygen atoms in total. The van der Waals surface area contributed by atoms with Gasteiger partial charge in [-0.25, -0.2) is 0 Å². The monoisotopic (exact) mass is 842 g/mol. The fraction of sp³-hybridized carbons (Fsp3) is 0.333. The van der Waals surface area contributed by atoms with E-state index in [0.29, 0.717) is 0 Å². The maximum atomic E-state index is 2.64. The third kappa shape index (κ3) is 5.95. The molecule has 2 heteroatoms. The zero-order valence-corrected chi connectivity index (χ0v) is 42.4. The SMILES string of the molecule is CC(C)(C)c1ccc(-c2ccc3c(c2)[Si](C)(C)c2c-3c3cc(C(C)(C)C)cc4c5c(c6cc(C(C)(C)C)cc2c6c34)-c2ccc(-c3ccc(C(C)(C)C)cc3)cc2[Si]5(C)C)cc1. The van der Waals surface area contributed by atoms with E-state index in [0.717, 1.165) is 0 Å². The highest BCUT2D eigenvalue weighted by Crippen LogP contribution is 2.50.